The average molecular weight is 267 g/mol. The molecule has 0 heterocycles. The Hall–Kier alpha value is -0.660. The molecule has 17 heavy (non-hydrogen) atoms. The van der Waals surface area contributed by atoms with Gasteiger partial charge < -0.3 is 9.84 Å². The van der Waals surface area contributed by atoms with Crippen LogP contribution in [0.3, 0.4) is 0 Å². The van der Waals surface area contributed by atoms with Crippen molar-refractivity contribution >= 4 is 16.0 Å². The van der Waals surface area contributed by atoms with E-state index in [0.717, 1.165) is 4.31 Å². The first kappa shape index (κ1) is 16.3. The third-order valence-corrected chi connectivity index (χ3v) is 4.16. The molecule has 102 valence electrons. The maximum Gasteiger partial charge on any atom is 0.321 e. The van der Waals surface area contributed by atoms with E-state index in [4.69, 9.17) is 9.84 Å². The number of aliphatic carboxylic acids is 1. The number of carboxylic acids is 1. The Morgan fingerprint density at radius 1 is 1.41 bits per heavy atom. The van der Waals surface area contributed by atoms with Crippen LogP contribution in [0.4, 0.5) is 0 Å². The van der Waals surface area contributed by atoms with Crippen LogP contribution in [-0.2, 0) is 19.6 Å². The number of hydrogen-bond acceptors (Lipinski definition) is 4. The molecule has 0 saturated carbocycles. The third kappa shape index (κ3) is 5.47. The highest BCUT2D eigenvalue weighted by Crippen LogP contribution is 2.09. The molecule has 0 radical (unpaired) electrons. The molecule has 0 spiro atoms. The van der Waals surface area contributed by atoms with Crippen LogP contribution in [0.25, 0.3) is 0 Å². The number of hydrogen-bond donors (Lipinski definition) is 1. The first-order valence-corrected chi connectivity index (χ1v) is 7.13. The molecule has 1 N–H and O–H groups in total. The van der Waals surface area contributed by atoms with Crippen LogP contribution >= 0.6 is 0 Å². The van der Waals surface area contributed by atoms with E-state index in [1.165, 1.54) is 7.05 Å². The summed E-state index contributed by atoms with van der Waals surface area (Å²) in [5.74, 6) is -1.34. The maximum absolute atomic E-state index is 11.8. The van der Waals surface area contributed by atoms with Crippen molar-refractivity contribution in [3.05, 3.63) is 0 Å². The minimum absolute atomic E-state index is 0.0445. The number of rotatable bonds is 8. The van der Waals surface area contributed by atoms with Crippen molar-refractivity contribution in [2.24, 2.45) is 0 Å². The van der Waals surface area contributed by atoms with E-state index in [0.29, 0.717) is 0 Å². The van der Waals surface area contributed by atoms with Gasteiger partial charge in [0, 0.05) is 7.05 Å². The summed E-state index contributed by atoms with van der Waals surface area (Å²) in [5.41, 5.74) is 0. The molecule has 0 aliphatic rings. The number of sulfonamides is 1. The summed E-state index contributed by atoms with van der Waals surface area (Å²) in [5, 5.41) is 8.88. The summed E-state index contributed by atoms with van der Waals surface area (Å²) in [6.45, 7) is 5.32. The molecule has 6 nitrogen and oxygen atoms in total. The van der Waals surface area contributed by atoms with Crippen molar-refractivity contribution < 1.29 is 23.1 Å². The Bertz CT molecular complexity index is 339. The third-order valence-electron chi connectivity index (χ3n) is 2.34. The SMILES string of the molecule is CCC(C(=O)O)N(C)S(=O)(=O)CCOC(C)C. The van der Waals surface area contributed by atoms with Crippen molar-refractivity contribution in [2.45, 2.75) is 39.3 Å². The topological polar surface area (TPSA) is 83.9 Å². The molecule has 0 aromatic heterocycles. The molecular formula is C10H21NO5S. The van der Waals surface area contributed by atoms with Gasteiger partial charge in [-0.05, 0) is 20.3 Å². The zero-order valence-corrected chi connectivity index (χ0v) is 11.5. The van der Waals surface area contributed by atoms with Gasteiger partial charge in [-0.3, -0.25) is 4.79 Å². The van der Waals surface area contributed by atoms with Crippen LogP contribution < -0.4 is 0 Å². The number of carboxylic acid groups (broad SMARTS) is 1. The van der Waals surface area contributed by atoms with Gasteiger partial charge in [-0.15, -0.1) is 0 Å². The number of carbonyl (C=O) groups is 1. The Morgan fingerprint density at radius 3 is 2.29 bits per heavy atom. The first-order chi connectivity index (χ1) is 7.72. The van der Waals surface area contributed by atoms with E-state index in [9.17, 15) is 13.2 Å². The molecule has 0 bridgehead atoms. The van der Waals surface area contributed by atoms with E-state index in [1.807, 2.05) is 13.8 Å². The molecule has 0 aliphatic carbocycles. The summed E-state index contributed by atoms with van der Waals surface area (Å²) < 4.78 is 29.6. The molecule has 0 aliphatic heterocycles. The molecule has 0 aromatic rings. The summed E-state index contributed by atoms with van der Waals surface area (Å²) in [6, 6.07) is -1.01. The smallest absolute Gasteiger partial charge is 0.321 e. The maximum atomic E-state index is 11.8. The van der Waals surface area contributed by atoms with Gasteiger partial charge in [0.15, 0.2) is 0 Å². The predicted molar refractivity (Wildman–Crippen MR) is 64.4 cm³/mol. The average Bonchev–Trinajstić information content (AvgIpc) is 2.16. The van der Waals surface area contributed by atoms with E-state index < -0.39 is 22.0 Å². The number of nitrogens with zero attached hydrogens (tertiary/aromatic N) is 1. The standard InChI is InChI=1S/C10H21NO5S/c1-5-9(10(12)13)11(4)17(14,15)7-6-16-8(2)3/h8-9H,5-7H2,1-4H3,(H,12,13). The van der Waals surface area contributed by atoms with Gasteiger partial charge in [0.05, 0.1) is 18.5 Å². The highest BCUT2D eigenvalue weighted by atomic mass is 32.2. The molecule has 0 rings (SSSR count). The minimum atomic E-state index is -3.58. The summed E-state index contributed by atoms with van der Waals surface area (Å²) >= 11 is 0. The van der Waals surface area contributed by atoms with Crippen LogP contribution in [-0.4, -0.2) is 55.4 Å². The lowest BCUT2D eigenvalue weighted by Gasteiger charge is -2.23. The fourth-order valence-corrected chi connectivity index (χ4v) is 2.54. The zero-order valence-electron chi connectivity index (χ0n) is 10.7. The lowest BCUT2D eigenvalue weighted by Crippen LogP contribution is -2.43. The normalized spacial score (nSPS) is 14.2. The monoisotopic (exact) mass is 267 g/mol. The second kappa shape index (κ2) is 6.93. The van der Waals surface area contributed by atoms with Crippen LogP contribution in [0.2, 0.25) is 0 Å². The molecule has 7 heteroatoms. The Balaban J connectivity index is 4.53. The molecule has 0 saturated heterocycles. The predicted octanol–water partition coefficient (Wildman–Crippen LogP) is 0.536. The fraction of sp³-hybridized carbons (Fsp3) is 0.900. The number of likely N-dealkylation sites (N-methyl/N-ethyl adjacent to an activating group) is 1. The first-order valence-electron chi connectivity index (χ1n) is 5.52. The van der Waals surface area contributed by atoms with E-state index in [2.05, 4.69) is 0 Å². The summed E-state index contributed by atoms with van der Waals surface area (Å²) in [4.78, 5) is 10.9. The van der Waals surface area contributed by atoms with Crippen molar-refractivity contribution in [3.63, 3.8) is 0 Å². The Morgan fingerprint density at radius 2 is 1.94 bits per heavy atom. The van der Waals surface area contributed by atoms with Gasteiger partial charge in [-0.25, -0.2) is 8.42 Å². The van der Waals surface area contributed by atoms with Gasteiger partial charge in [-0.1, -0.05) is 6.92 Å². The van der Waals surface area contributed by atoms with Crippen molar-refractivity contribution in [1.82, 2.24) is 4.31 Å². The number of ether oxygens (including phenoxy) is 1. The van der Waals surface area contributed by atoms with Gasteiger partial charge in [0.1, 0.15) is 6.04 Å². The van der Waals surface area contributed by atoms with Crippen molar-refractivity contribution in [2.75, 3.05) is 19.4 Å². The van der Waals surface area contributed by atoms with Gasteiger partial charge in [0.25, 0.3) is 0 Å². The van der Waals surface area contributed by atoms with Crippen LogP contribution in [0.5, 0.6) is 0 Å². The van der Waals surface area contributed by atoms with E-state index in [1.54, 1.807) is 6.92 Å². The van der Waals surface area contributed by atoms with Crippen LogP contribution in [0.1, 0.15) is 27.2 Å². The zero-order chi connectivity index (χ0) is 13.6. The molecule has 0 fully saturated rings. The van der Waals surface area contributed by atoms with Gasteiger partial charge in [-0.2, -0.15) is 4.31 Å². The molecule has 1 unspecified atom stereocenters. The van der Waals surface area contributed by atoms with Crippen molar-refractivity contribution in [1.29, 1.82) is 0 Å². The lowest BCUT2D eigenvalue weighted by molar-refractivity contribution is -0.141. The van der Waals surface area contributed by atoms with Gasteiger partial charge in [0.2, 0.25) is 10.0 Å². The Kier molecular flexibility index (Phi) is 6.66. The van der Waals surface area contributed by atoms with Crippen LogP contribution in [0.15, 0.2) is 0 Å². The largest absolute Gasteiger partial charge is 0.480 e. The Labute approximate surface area is 103 Å². The molecule has 0 amide bonds. The van der Waals surface area contributed by atoms with E-state index in [-0.39, 0.29) is 24.9 Å². The fourth-order valence-electron chi connectivity index (χ4n) is 1.31. The lowest BCUT2D eigenvalue weighted by atomic mass is 10.2. The van der Waals surface area contributed by atoms with Crippen molar-refractivity contribution in [3.8, 4) is 0 Å². The molecular weight excluding hydrogens is 246 g/mol. The highest BCUT2D eigenvalue weighted by molar-refractivity contribution is 7.89. The van der Waals surface area contributed by atoms with Gasteiger partial charge >= 0.3 is 5.97 Å². The quantitative estimate of drug-likeness (QED) is 0.693. The summed E-state index contributed by atoms with van der Waals surface area (Å²) in [7, 11) is -2.30. The molecule has 1 atom stereocenters. The van der Waals surface area contributed by atoms with E-state index >= 15 is 0 Å². The van der Waals surface area contributed by atoms with Crippen LogP contribution in [0, 0.1) is 0 Å². The second-order valence-corrected chi connectivity index (χ2v) is 6.16. The summed E-state index contributed by atoms with van der Waals surface area (Å²) in [6.07, 6.45) is 0.188. The highest BCUT2D eigenvalue weighted by Gasteiger charge is 2.29. The second-order valence-electron chi connectivity index (χ2n) is 4.01. The molecule has 0 aromatic carbocycles. The minimum Gasteiger partial charge on any atom is -0.480 e.